The molecule has 0 heterocycles. The number of carbonyl (C=O) groups is 2. The van der Waals surface area contributed by atoms with Gasteiger partial charge in [0.15, 0.2) is 6.10 Å². The largest absolute Gasteiger partial charge is 0.472 e. The van der Waals surface area contributed by atoms with Crippen LogP contribution in [0.1, 0.15) is 194 Å². The van der Waals surface area contributed by atoms with Gasteiger partial charge in [-0.1, -0.05) is 168 Å². The molecule has 0 aliphatic carbocycles. The Morgan fingerprint density at radius 1 is 0.553 bits per heavy atom. The molecular formula is C37H74NO8P. The SMILES string of the molecule is CCCCCCCCCCCCCCCCCC(=O)OCC(COP(=O)(O)OCCN)OC(=O)CCCCCCCCCCCCC. The number of hydrogen-bond donors (Lipinski definition) is 2. The zero-order chi connectivity index (χ0) is 34.7. The van der Waals surface area contributed by atoms with E-state index in [1.807, 2.05) is 0 Å². The summed E-state index contributed by atoms with van der Waals surface area (Å²) >= 11 is 0. The van der Waals surface area contributed by atoms with Crippen molar-refractivity contribution >= 4 is 19.8 Å². The quantitative estimate of drug-likeness (QED) is 0.0371. The summed E-state index contributed by atoms with van der Waals surface area (Å²) in [5.74, 6) is -0.818. The molecule has 0 aromatic heterocycles. The van der Waals surface area contributed by atoms with E-state index in [1.54, 1.807) is 0 Å². The molecular weight excluding hydrogens is 617 g/mol. The summed E-state index contributed by atoms with van der Waals surface area (Å²) in [6, 6.07) is 0. The van der Waals surface area contributed by atoms with Gasteiger partial charge >= 0.3 is 19.8 Å². The van der Waals surface area contributed by atoms with Crippen LogP contribution in [0.5, 0.6) is 0 Å². The van der Waals surface area contributed by atoms with Crippen molar-refractivity contribution in [1.29, 1.82) is 0 Å². The first kappa shape index (κ1) is 46.0. The van der Waals surface area contributed by atoms with Crippen molar-refractivity contribution in [2.45, 2.75) is 200 Å². The number of carbonyl (C=O) groups excluding carboxylic acids is 2. The van der Waals surface area contributed by atoms with Gasteiger partial charge in [0.25, 0.3) is 0 Å². The minimum Gasteiger partial charge on any atom is -0.462 e. The molecule has 0 rings (SSSR count). The molecule has 0 aromatic carbocycles. The number of ether oxygens (including phenoxy) is 2. The first-order valence-electron chi connectivity index (χ1n) is 19.5. The van der Waals surface area contributed by atoms with Crippen LogP contribution in [0.4, 0.5) is 0 Å². The average Bonchev–Trinajstić information content (AvgIpc) is 3.05. The third-order valence-corrected chi connectivity index (χ3v) is 9.48. The average molecular weight is 692 g/mol. The summed E-state index contributed by atoms with van der Waals surface area (Å²) < 4.78 is 32.6. The molecule has 280 valence electrons. The van der Waals surface area contributed by atoms with Crippen LogP contribution in [-0.2, 0) is 32.7 Å². The van der Waals surface area contributed by atoms with E-state index in [2.05, 4.69) is 13.8 Å². The van der Waals surface area contributed by atoms with Gasteiger partial charge in [-0.05, 0) is 12.8 Å². The van der Waals surface area contributed by atoms with Crippen molar-refractivity contribution in [2.24, 2.45) is 5.73 Å². The molecule has 0 saturated carbocycles. The molecule has 10 heteroatoms. The van der Waals surface area contributed by atoms with Crippen molar-refractivity contribution in [3.05, 3.63) is 0 Å². The fraction of sp³-hybridized carbons (Fsp3) is 0.946. The summed E-state index contributed by atoms with van der Waals surface area (Å²) in [6.45, 7) is 3.74. The van der Waals surface area contributed by atoms with E-state index in [0.29, 0.717) is 6.42 Å². The zero-order valence-electron chi connectivity index (χ0n) is 30.5. The molecule has 0 aliphatic heterocycles. The van der Waals surface area contributed by atoms with Crippen molar-refractivity contribution < 1.29 is 37.6 Å². The highest BCUT2D eigenvalue weighted by Gasteiger charge is 2.26. The normalized spacial score (nSPS) is 13.4. The van der Waals surface area contributed by atoms with Crippen LogP contribution in [0.2, 0.25) is 0 Å². The maximum atomic E-state index is 12.5. The predicted octanol–water partition coefficient (Wildman–Crippen LogP) is 10.5. The maximum absolute atomic E-state index is 12.5. The topological polar surface area (TPSA) is 134 Å². The van der Waals surface area contributed by atoms with Crippen LogP contribution in [0.25, 0.3) is 0 Å². The third kappa shape index (κ3) is 34.7. The Morgan fingerprint density at radius 2 is 0.915 bits per heavy atom. The Morgan fingerprint density at radius 3 is 1.30 bits per heavy atom. The zero-order valence-corrected chi connectivity index (χ0v) is 31.4. The van der Waals surface area contributed by atoms with Gasteiger partial charge in [0, 0.05) is 19.4 Å². The smallest absolute Gasteiger partial charge is 0.462 e. The van der Waals surface area contributed by atoms with E-state index in [4.69, 9.17) is 24.3 Å². The highest BCUT2D eigenvalue weighted by Crippen LogP contribution is 2.43. The standard InChI is InChI=1S/C37H74NO8P/c1-3-5-7-9-11-13-15-16-17-18-20-21-23-25-27-29-36(39)43-33-35(34-45-47(41,42)44-32-31-38)46-37(40)30-28-26-24-22-19-14-12-10-8-6-4-2/h35H,3-34,38H2,1-2H3,(H,41,42). The number of phosphoric acid groups is 1. The number of rotatable bonds is 37. The second-order valence-corrected chi connectivity index (χ2v) is 14.6. The van der Waals surface area contributed by atoms with Gasteiger partial charge in [0.05, 0.1) is 13.2 Å². The lowest BCUT2D eigenvalue weighted by Crippen LogP contribution is -2.29. The summed E-state index contributed by atoms with van der Waals surface area (Å²) in [7, 11) is -4.36. The molecule has 2 unspecified atom stereocenters. The van der Waals surface area contributed by atoms with E-state index in [-0.39, 0.29) is 38.6 Å². The van der Waals surface area contributed by atoms with Gasteiger partial charge < -0.3 is 20.1 Å². The third-order valence-electron chi connectivity index (χ3n) is 8.49. The van der Waals surface area contributed by atoms with Crippen molar-refractivity contribution in [2.75, 3.05) is 26.4 Å². The van der Waals surface area contributed by atoms with Crippen molar-refractivity contribution in [3.63, 3.8) is 0 Å². The summed E-state index contributed by atoms with van der Waals surface area (Å²) in [5, 5.41) is 0. The molecule has 2 atom stereocenters. The maximum Gasteiger partial charge on any atom is 0.472 e. The number of nitrogens with two attached hydrogens (primary N) is 1. The molecule has 3 N–H and O–H groups in total. The van der Waals surface area contributed by atoms with E-state index < -0.39 is 26.5 Å². The van der Waals surface area contributed by atoms with Crippen LogP contribution in [0.3, 0.4) is 0 Å². The minimum atomic E-state index is -4.36. The first-order chi connectivity index (χ1) is 22.8. The van der Waals surface area contributed by atoms with Crippen molar-refractivity contribution in [3.8, 4) is 0 Å². The highest BCUT2D eigenvalue weighted by atomic mass is 31.2. The number of phosphoric ester groups is 1. The van der Waals surface area contributed by atoms with Crippen LogP contribution in [0, 0.1) is 0 Å². The number of hydrogen-bond acceptors (Lipinski definition) is 8. The Labute approximate surface area is 288 Å². The molecule has 0 fully saturated rings. The van der Waals surface area contributed by atoms with Gasteiger partial charge in [-0.3, -0.25) is 18.6 Å². The predicted molar refractivity (Wildman–Crippen MR) is 192 cm³/mol. The lowest BCUT2D eigenvalue weighted by molar-refractivity contribution is -0.161. The molecule has 0 radical (unpaired) electrons. The molecule has 0 spiro atoms. The highest BCUT2D eigenvalue weighted by molar-refractivity contribution is 7.47. The monoisotopic (exact) mass is 692 g/mol. The van der Waals surface area contributed by atoms with Gasteiger partial charge in [0.2, 0.25) is 0 Å². The number of esters is 2. The lowest BCUT2D eigenvalue weighted by atomic mass is 10.0. The van der Waals surface area contributed by atoms with Crippen molar-refractivity contribution in [1.82, 2.24) is 0 Å². The van der Waals surface area contributed by atoms with Gasteiger partial charge in [0.1, 0.15) is 6.61 Å². The summed E-state index contributed by atoms with van der Waals surface area (Å²) in [4.78, 5) is 34.7. The Hall–Kier alpha value is -0.990. The number of unbranched alkanes of at least 4 members (excludes halogenated alkanes) is 24. The Bertz CT molecular complexity index is 754. The van der Waals surface area contributed by atoms with Crippen LogP contribution in [-0.4, -0.2) is 49.3 Å². The minimum absolute atomic E-state index is 0.0577. The Balaban J connectivity index is 4.15. The van der Waals surface area contributed by atoms with E-state index >= 15 is 0 Å². The van der Waals surface area contributed by atoms with Gasteiger partial charge in [-0.15, -0.1) is 0 Å². The molecule has 47 heavy (non-hydrogen) atoms. The van der Waals surface area contributed by atoms with Gasteiger partial charge in [-0.2, -0.15) is 0 Å². The molecule has 0 saturated heterocycles. The van der Waals surface area contributed by atoms with Crippen LogP contribution >= 0.6 is 7.82 Å². The molecule has 0 aliphatic rings. The first-order valence-corrected chi connectivity index (χ1v) is 21.0. The van der Waals surface area contributed by atoms with Crippen LogP contribution in [0.15, 0.2) is 0 Å². The fourth-order valence-corrected chi connectivity index (χ4v) is 6.34. The summed E-state index contributed by atoms with van der Waals surface area (Å²) in [6.07, 6.45) is 31.3. The molecule has 0 bridgehead atoms. The molecule has 0 amide bonds. The molecule has 9 nitrogen and oxygen atoms in total. The Kier molecular flexibility index (Phi) is 34.1. The van der Waals surface area contributed by atoms with Gasteiger partial charge in [-0.25, -0.2) is 4.57 Å². The van der Waals surface area contributed by atoms with E-state index in [1.165, 1.54) is 128 Å². The molecule has 0 aromatic rings. The van der Waals surface area contributed by atoms with Crippen LogP contribution < -0.4 is 5.73 Å². The summed E-state index contributed by atoms with van der Waals surface area (Å²) in [5.41, 5.74) is 5.33. The fourth-order valence-electron chi connectivity index (χ4n) is 5.58. The lowest BCUT2D eigenvalue weighted by Gasteiger charge is -2.19. The second-order valence-electron chi connectivity index (χ2n) is 13.2. The van der Waals surface area contributed by atoms with E-state index in [9.17, 15) is 19.0 Å². The second kappa shape index (κ2) is 34.9. The van der Waals surface area contributed by atoms with E-state index in [0.717, 1.165) is 32.1 Å².